The first-order valence-corrected chi connectivity index (χ1v) is 5.58. The second-order valence-electron chi connectivity index (χ2n) is 5.10. The van der Waals surface area contributed by atoms with Crippen LogP contribution in [0.4, 0.5) is 5.82 Å². The van der Waals surface area contributed by atoms with Crippen molar-refractivity contribution in [3.63, 3.8) is 0 Å². The van der Waals surface area contributed by atoms with Crippen LogP contribution in [0.25, 0.3) is 0 Å². The smallest absolute Gasteiger partial charge is 0.279 e. The van der Waals surface area contributed by atoms with Gasteiger partial charge in [-0.05, 0) is 6.92 Å². The van der Waals surface area contributed by atoms with Gasteiger partial charge in [0.2, 0.25) is 0 Å². The molecule has 2 aromatic rings. The van der Waals surface area contributed by atoms with Crippen LogP contribution < -0.4 is 5.32 Å². The van der Waals surface area contributed by atoms with Gasteiger partial charge in [0.05, 0.1) is 0 Å². The largest absolute Gasteiger partial charge is 0.361 e. The van der Waals surface area contributed by atoms with Crippen LogP contribution in [0.5, 0.6) is 0 Å². The molecule has 6 heteroatoms. The Morgan fingerprint density at radius 3 is 2.44 bits per heavy atom. The monoisotopic (exact) mass is 249 g/mol. The SMILES string of the molecule is Cc1cc(C(=O)Nc2cc(C(C)(C)C)on2)no1. The number of aryl methyl sites for hydroxylation is 1. The highest BCUT2D eigenvalue weighted by molar-refractivity contribution is 6.02. The quantitative estimate of drug-likeness (QED) is 0.884. The van der Waals surface area contributed by atoms with Crippen molar-refractivity contribution in [3.05, 3.63) is 29.3 Å². The van der Waals surface area contributed by atoms with Gasteiger partial charge in [0.1, 0.15) is 11.5 Å². The van der Waals surface area contributed by atoms with Gasteiger partial charge in [-0.2, -0.15) is 0 Å². The minimum Gasteiger partial charge on any atom is -0.361 e. The molecule has 0 saturated carbocycles. The van der Waals surface area contributed by atoms with Crippen molar-refractivity contribution < 1.29 is 13.8 Å². The van der Waals surface area contributed by atoms with Crippen LogP contribution in [-0.4, -0.2) is 16.2 Å². The molecule has 1 amide bonds. The van der Waals surface area contributed by atoms with Gasteiger partial charge in [0, 0.05) is 17.5 Å². The number of hydrogen-bond donors (Lipinski definition) is 1. The zero-order chi connectivity index (χ0) is 13.3. The Morgan fingerprint density at radius 1 is 1.22 bits per heavy atom. The topological polar surface area (TPSA) is 81.2 Å². The van der Waals surface area contributed by atoms with E-state index in [4.69, 9.17) is 9.05 Å². The molecule has 0 spiro atoms. The molecule has 2 heterocycles. The molecular weight excluding hydrogens is 234 g/mol. The molecule has 0 atom stereocenters. The fourth-order valence-corrected chi connectivity index (χ4v) is 1.34. The zero-order valence-electron chi connectivity index (χ0n) is 10.8. The highest BCUT2D eigenvalue weighted by atomic mass is 16.5. The average molecular weight is 249 g/mol. The summed E-state index contributed by atoms with van der Waals surface area (Å²) >= 11 is 0. The Hall–Kier alpha value is -2.11. The van der Waals surface area contributed by atoms with Crippen molar-refractivity contribution in [3.8, 4) is 0 Å². The fourth-order valence-electron chi connectivity index (χ4n) is 1.34. The van der Waals surface area contributed by atoms with E-state index in [2.05, 4.69) is 15.6 Å². The standard InChI is InChI=1S/C12H15N3O3/c1-7-5-8(14-17-7)11(16)13-10-6-9(18-15-10)12(2,3)4/h5-6H,1-4H3,(H,13,15,16). The molecule has 1 N–H and O–H groups in total. The van der Waals surface area contributed by atoms with Crippen LogP contribution >= 0.6 is 0 Å². The van der Waals surface area contributed by atoms with Gasteiger partial charge >= 0.3 is 0 Å². The minimum absolute atomic E-state index is 0.152. The summed E-state index contributed by atoms with van der Waals surface area (Å²) < 4.78 is 9.99. The van der Waals surface area contributed by atoms with Crippen molar-refractivity contribution in [2.45, 2.75) is 33.1 Å². The molecule has 18 heavy (non-hydrogen) atoms. The van der Waals surface area contributed by atoms with Crippen LogP contribution in [0, 0.1) is 6.92 Å². The van der Waals surface area contributed by atoms with E-state index < -0.39 is 0 Å². The summed E-state index contributed by atoms with van der Waals surface area (Å²) in [5, 5.41) is 10.0. The van der Waals surface area contributed by atoms with Crippen molar-refractivity contribution in [1.29, 1.82) is 0 Å². The summed E-state index contributed by atoms with van der Waals surface area (Å²) in [6.07, 6.45) is 0. The Balaban J connectivity index is 2.10. The highest BCUT2D eigenvalue weighted by Gasteiger charge is 2.21. The molecule has 0 aliphatic heterocycles. The number of carbonyl (C=O) groups is 1. The van der Waals surface area contributed by atoms with Crippen LogP contribution in [0.15, 0.2) is 21.2 Å². The van der Waals surface area contributed by atoms with Crippen molar-refractivity contribution in [2.24, 2.45) is 0 Å². The van der Waals surface area contributed by atoms with E-state index in [0.717, 1.165) is 0 Å². The maximum atomic E-state index is 11.8. The molecule has 2 rings (SSSR count). The summed E-state index contributed by atoms with van der Waals surface area (Å²) in [4.78, 5) is 11.8. The summed E-state index contributed by atoms with van der Waals surface area (Å²) in [5.74, 6) is 1.27. The number of amides is 1. The molecule has 0 saturated heterocycles. The predicted molar refractivity (Wildman–Crippen MR) is 64.4 cm³/mol. The van der Waals surface area contributed by atoms with E-state index in [1.54, 1.807) is 19.1 Å². The van der Waals surface area contributed by atoms with E-state index in [9.17, 15) is 4.79 Å². The lowest BCUT2D eigenvalue weighted by molar-refractivity contribution is 0.101. The van der Waals surface area contributed by atoms with Crippen LogP contribution in [0.2, 0.25) is 0 Å². The predicted octanol–water partition coefficient (Wildman–Crippen LogP) is 2.52. The van der Waals surface area contributed by atoms with Crippen LogP contribution in [0.1, 0.15) is 42.8 Å². The van der Waals surface area contributed by atoms with Gasteiger partial charge in [0.25, 0.3) is 5.91 Å². The Kier molecular flexibility index (Phi) is 2.94. The average Bonchev–Trinajstić information content (AvgIpc) is 2.85. The van der Waals surface area contributed by atoms with Crippen molar-refractivity contribution in [1.82, 2.24) is 10.3 Å². The number of anilines is 1. The van der Waals surface area contributed by atoms with Gasteiger partial charge in [-0.15, -0.1) is 0 Å². The second kappa shape index (κ2) is 4.29. The first-order valence-electron chi connectivity index (χ1n) is 5.58. The van der Waals surface area contributed by atoms with Crippen LogP contribution in [-0.2, 0) is 5.41 Å². The number of nitrogens with one attached hydrogen (secondary N) is 1. The lowest BCUT2D eigenvalue weighted by Crippen LogP contribution is -2.12. The number of hydrogen-bond acceptors (Lipinski definition) is 5. The van der Waals surface area contributed by atoms with Gasteiger partial charge in [-0.1, -0.05) is 31.1 Å². The Morgan fingerprint density at radius 2 is 1.94 bits per heavy atom. The molecule has 0 fully saturated rings. The Bertz CT molecular complexity index is 563. The number of rotatable bonds is 2. The molecule has 0 bridgehead atoms. The molecule has 0 radical (unpaired) electrons. The van der Waals surface area contributed by atoms with Gasteiger partial charge in [0.15, 0.2) is 11.5 Å². The molecule has 0 aliphatic rings. The number of aromatic nitrogens is 2. The van der Waals surface area contributed by atoms with Gasteiger partial charge in [-0.3, -0.25) is 4.79 Å². The van der Waals surface area contributed by atoms with Crippen molar-refractivity contribution in [2.75, 3.05) is 5.32 Å². The highest BCUT2D eigenvalue weighted by Crippen LogP contribution is 2.24. The van der Waals surface area contributed by atoms with Crippen molar-refractivity contribution >= 4 is 11.7 Å². The third-order valence-corrected chi connectivity index (χ3v) is 2.35. The van der Waals surface area contributed by atoms with E-state index in [1.165, 1.54) is 0 Å². The summed E-state index contributed by atoms with van der Waals surface area (Å²) in [7, 11) is 0. The lowest BCUT2D eigenvalue weighted by atomic mass is 9.93. The maximum Gasteiger partial charge on any atom is 0.279 e. The second-order valence-corrected chi connectivity index (χ2v) is 5.10. The summed E-state index contributed by atoms with van der Waals surface area (Å²) in [6, 6.07) is 3.25. The molecule has 0 aliphatic carbocycles. The maximum absolute atomic E-state index is 11.8. The van der Waals surface area contributed by atoms with E-state index in [-0.39, 0.29) is 17.0 Å². The fraction of sp³-hybridized carbons (Fsp3) is 0.417. The van der Waals surface area contributed by atoms with E-state index in [1.807, 2.05) is 20.8 Å². The third-order valence-electron chi connectivity index (χ3n) is 2.35. The van der Waals surface area contributed by atoms with Gasteiger partial charge in [-0.25, -0.2) is 0 Å². The third kappa shape index (κ3) is 2.58. The van der Waals surface area contributed by atoms with E-state index in [0.29, 0.717) is 17.3 Å². The molecule has 2 aromatic heterocycles. The zero-order valence-corrected chi connectivity index (χ0v) is 10.8. The number of nitrogens with zero attached hydrogens (tertiary/aromatic N) is 2. The summed E-state index contributed by atoms with van der Waals surface area (Å²) in [6.45, 7) is 7.72. The minimum atomic E-state index is -0.374. The number of carbonyl (C=O) groups excluding carboxylic acids is 1. The lowest BCUT2D eigenvalue weighted by Gasteiger charge is -2.11. The molecule has 6 nitrogen and oxygen atoms in total. The first kappa shape index (κ1) is 12.3. The van der Waals surface area contributed by atoms with E-state index >= 15 is 0 Å². The van der Waals surface area contributed by atoms with Crippen LogP contribution in [0.3, 0.4) is 0 Å². The molecular formula is C12H15N3O3. The Labute approximate surface area is 104 Å². The van der Waals surface area contributed by atoms with Gasteiger partial charge < -0.3 is 14.4 Å². The summed E-state index contributed by atoms with van der Waals surface area (Å²) in [5.41, 5.74) is 0.0632. The molecule has 0 aromatic carbocycles. The normalized spacial score (nSPS) is 11.6. The molecule has 96 valence electrons. The first-order chi connectivity index (χ1) is 8.36. The molecule has 0 unspecified atom stereocenters.